The zero-order valence-corrected chi connectivity index (χ0v) is 13.1. The summed E-state index contributed by atoms with van der Waals surface area (Å²) in [6.45, 7) is -0.212. The Hall–Kier alpha value is -2.39. The van der Waals surface area contributed by atoms with Crippen LogP contribution in [0.5, 0.6) is 0 Å². The molecule has 0 radical (unpaired) electrons. The third kappa shape index (κ3) is 3.99. The molecule has 0 saturated carbocycles. The van der Waals surface area contributed by atoms with E-state index in [0.29, 0.717) is 4.90 Å². The van der Waals surface area contributed by atoms with Gasteiger partial charge in [-0.25, -0.2) is 13.6 Å². The van der Waals surface area contributed by atoms with Crippen LogP contribution in [0.15, 0.2) is 18.2 Å². The van der Waals surface area contributed by atoms with Crippen molar-refractivity contribution < 1.29 is 36.6 Å². The number of benzene rings is 1. The number of carboxylic acid groups (broad SMARTS) is 1. The van der Waals surface area contributed by atoms with Gasteiger partial charge in [0.1, 0.15) is 11.6 Å². The monoisotopic (exact) mass is 366 g/mol. The molecule has 1 aromatic carbocycles. The zero-order valence-electron chi connectivity index (χ0n) is 13.1. The van der Waals surface area contributed by atoms with E-state index in [1.165, 1.54) is 0 Å². The Morgan fingerprint density at radius 3 is 2.48 bits per heavy atom. The Labute approximate surface area is 139 Å². The number of rotatable bonds is 2. The standard InChI is InChI=1S/C15H15F5N2O3/c1-21(13(23)15(18,19)20)9-4-5-22(14(24)25)12(7-9)10-6-8(16)2-3-11(10)17/h2-3,6,9,12H,4-5,7H2,1H3,(H,24,25)/t9?,12-/m0/s1. The maximum absolute atomic E-state index is 14.0. The van der Waals surface area contributed by atoms with E-state index < -0.39 is 41.9 Å². The van der Waals surface area contributed by atoms with Crippen LogP contribution in [0, 0.1) is 11.6 Å². The van der Waals surface area contributed by atoms with E-state index in [1.54, 1.807) is 0 Å². The molecule has 138 valence electrons. The number of likely N-dealkylation sites (tertiary alicyclic amines) is 1. The molecule has 2 amide bonds. The molecule has 1 unspecified atom stereocenters. The van der Waals surface area contributed by atoms with Gasteiger partial charge in [-0.3, -0.25) is 4.79 Å². The van der Waals surface area contributed by atoms with Gasteiger partial charge in [-0.2, -0.15) is 13.2 Å². The summed E-state index contributed by atoms with van der Waals surface area (Å²) in [5, 5.41) is 9.24. The van der Waals surface area contributed by atoms with Gasteiger partial charge in [-0.15, -0.1) is 0 Å². The van der Waals surface area contributed by atoms with Gasteiger partial charge >= 0.3 is 18.2 Å². The molecule has 0 aliphatic carbocycles. The van der Waals surface area contributed by atoms with E-state index in [1.807, 2.05) is 0 Å². The summed E-state index contributed by atoms with van der Waals surface area (Å²) in [6, 6.07) is 0.319. The Bertz CT molecular complexity index is 680. The van der Waals surface area contributed by atoms with Gasteiger partial charge in [0.25, 0.3) is 0 Å². The lowest BCUT2D eigenvalue weighted by molar-refractivity contribution is -0.187. The highest BCUT2D eigenvalue weighted by Gasteiger charge is 2.45. The molecule has 1 saturated heterocycles. The van der Waals surface area contributed by atoms with Crippen LogP contribution in [-0.4, -0.2) is 52.7 Å². The third-order valence-electron chi connectivity index (χ3n) is 4.25. The first kappa shape index (κ1) is 18.9. The van der Waals surface area contributed by atoms with E-state index in [2.05, 4.69) is 0 Å². The van der Waals surface area contributed by atoms with Crippen molar-refractivity contribution in [1.29, 1.82) is 0 Å². The van der Waals surface area contributed by atoms with Crippen LogP contribution < -0.4 is 0 Å². The lowest BCUT2D eigenvalue weighted by Gasteiger charge is -2.41. The lowest BCUT2D eigenvalue weighted by atomic mass is 9.90. The molecule has 0 bridgehead atoms. The van der Waals surface area contributed by atoms with Crippen LogP contribution in [0.25, 0.3) is 0 Å². The zero-order chi connectivity index (χ0) is 18.9. The lowest BCUT2D eigenvalue weighted by Crippen LogP contribution is -2.51. The molecule has 25 heavy (non-hydrogen) atoms. The quantitative estimate of drug-likeness (QED) is 0.818. The number of halogens is 5. The van der Waals surface area contributed by atoms with Crippen LogP contribution in [0.2, 0.25) is 0 Å². The van der Waals surface area contributed by atoms with Crippen molar-refractivity contribution in [2.24, 2.45) is 0 Å². The maximum Gasteiger partial charge on any atom is 0.471 e. The van der Waals surface area contributed by atoms with E-state index in [9.17, 15) is 36.6 Å². The molecule has 1 aliphatic heterocycles. The topological polar surface area (TPSA) is 60.9 Å². The molecule has 0 aromatic heterocycles. The predicted octanol–water partition coefficient (Wildman–Crippen LogP) is 3.17. The Balaban J connectivity index is 2.33. The molecule has 2 atom stereocenters. The van der Waals surface area contributed by atoms with E-state index in [-0.39, 0.29) is 24.9 Å². The number of piperidine rings is 1. The number of nitrogens with zero attached hydrogens (tertiary/aromatic N) is 2. The number of carbonyl (C=O) groups is 2. The van der Waals surface area contributed by atoms with Crippen molar-refractivity contribution in [1.82, 2.24) is 9.80 Å². The molecule has 1 fully saturated rings. The van der Waals surface area contributed by atoms with Gasteiger partial charge in [0.2, 0.25) is 0 Å². The van der Waals surface area contributed by atoms with Crippen molar-refractivity contribution in [3.8, 4) is 0 Å². The fourth-order valence-corrected chi connectivity index (χ4v) is 2.96. The minimum Gasteiger partial charge on any atom is -0.465 e. The second-order valence-electron chi connectivity index (χ2n) is 5.75. The summed E-state index contributed by atoms with van der Waals surface area (Å²) < 4.78 is 65.2. The number of alkyl halides is 3. The van der Waals surface area contributed by atoms with Crippen LogP contribution in [0.1, 0.15) is 24.4 Å². The molecular weight excluding hydrogens is 351 g/mol. The molecule has 1 N–H and O–H groups in total. The molecule has 2 rings (SSSR count). The summed E-state index contributed by atoms with van der Waals surface area (Å²) >= 11 is 0. The largest absolute Gasteiger partial charge is 0.471 e. The van der Waals surface area contributed by atoms with Crippen molar-refractivity contribution in [2.75, 3.05) is 13.6 Å². The molecule has 5 nitrogen and oxygen atoms in total. The summed E-state index contributed by atoms with van der Waals surface area (Å²) in [5.74, 6) is -3.74. The minimum atomic E-state index is -5.07. The van der Waals surface area contributed by atoms with Gasteiger partial charge in [0, 0.05) is 25.2 Å². The predicted molar refractivity (Wildman–Crippen MR) is 75.7 cm³/mol. The van der Waals surface area contributed by atoms with Crippen LogP contribution >= 0.6 is 0 Å². The highest BCUT2D eigenvalue weighted by atomic mass is 19.4. The summed E-state index contributed by atoms with van der Waals surface area (Å²) in [6.07, 6.45) is -6.79. The van der Waals surface area contributed by atoms with Crippen LogP contribution in [0.3, 0.4) is 0 Å². The highest BCUT2D eigenvalue weighted by molar-refractivity contribution is 5.82. The molecule has 10 heteroatoms. The first-order valence-corrected chi connectivity index (χ1v) is 7.31. The first-order valence-electron chi connectivity index (χ1n) is 7.31. The summed E-state index contributed by atoms with van der Waals surface area (Å²) in [5.41, 5.74) is -0.278. The average molecular weight is 366 g/mol. The van der Waals surface area contributed by atoms with Crippen LogP contribution in [0.4, 0.5) is 26.7 Å². The number of carbonyl (C=O) groups excluding carboxylic acids is 1. The van der Waals surface area contributed by atoms with Crippen molar-refractivity contribution in [2.45, 2.75) is 31.1 Å². The maximum atomic E-state index is 14.0. The van der Waals surface area contributed by atoms with Crippen molar-refractivity contribution >= 4 is 12.0 Å². The fraction of sp³-hybridized carbons (Fsp3) is 0.467. The molecule has 1 aliphatic rings. The number of hydrogen-bond acceptors (Lipinski definition) is 2. The normalized spacial score (nSPS) is 21.1. The van der Waals surface area contributed by atoms with Gasteiger partial charge in [0.05, 0.1) is 6.04 Å². The summed E-state index contributed by atoms with van der Waals surface area (Å²) in [4.78, 5) is 24.0. The molecule has 1 heterocycles. The second kappa shape index (κ2) is 6.85. The Morgan fingerprint density at radius 2 is 1.92 bits per heavy atom. The third-order valence-corrected chi connectivity index (χ3v) is 4.25. The number of amides is 2. The van der Waals surface area contributed by atoms with Crippen molar-refractivity contribution in [3.05, 3.63) is 35.4 Å². The van der Waals surface area contributed by atoms with Gasteiger partial charge < -0.3 is 14.9 Å². The Kier molecular flexibility index (Phi) is 5.19. The highest BCUT2D eigenvalue weighted by Crippen LogP contribution is 2.35. The van der Waals surface area contributed by atoms with E-state index in [4.69, 9.17) is 0 Å². The first-order chi connectivity index (χ1) is 11.5. The minimum absolute atomic E-state index is 0.0436. The van der Waals surface area contributed by atoms with Gasteiger partial charge in [-0.05, 0) is 31.0 Å². The van der Waals surface area contributed by atoms with Gasteiger partial charge in [-0.1, -0.05) is 0 Å². The average Bonchev–Trinajstić information content (AvgIpc) is 2.54. The van der Waals surface area contributed by atoms with E-state index in [0.717, 1.165) is 30.1 Å². The summed E-state index contributed by atoms with van der Waals surface area (Å²) in [7, 11) is 0.954. The molecule has 0 spiro atoms. The fourth-order valence-electron chi connectivity index (χ4n) is 2.96. The smallest absolute Gasteiger partial charge is 0.465 e. The number of hydrogen-bond donors (Lipinski definition) is 1. The molecular formula is C15H15F5N2O3. The SMILES string of the molecule is CN(C(=O)C(F)(F)F)C1CCN(C(=O)O)[C@H](c2cc(F)ccc2F)C1. The van der Waals surface area contributed by atoms with E-state index >= 15 is 0 Å². The van der Waals surface area contributed by atoms with Gasteiger partial charge in [0.15, 0.2) is 0 Å². The Morgan fingerprint density at radius 1 is 1.28 bits per heavy atom. The second-order valence-corrected chi connectivity index (χ2v) is 5.75. The van der Waals surface area contributed by atoms with Crippen LogP contribution in [-0.2, 0) is 4.79 Å². The van der Waals surface area contributed by atoms with Crippen molar-refractivity contribution in [3.63, 3.8) is 0 Å². The molecule has 1 aromatic rings.